The quantitative estimate of drug-likeness (QED) is 0.662. The van der Waals surface area contributed by atoms with Gasteiger partial charge in [-0.2, -0.15) is 0 Å². The van der Waals surface area contributed by atoms with Crippen LogP contribution in [0.5, 0.6) is 0 Å². The summed E-state index contributed by atoms with van der Waals surface area (Å²) in [6.45, 7) is 1.41. The molecule has 1 fully saturated rings. The van der Waals surface area contributed by atoms with E-state index in [4.69, 9.17) is 5.11 Å². The molecule has 71 valence electrons. The predicted octanol–water partition coefficient (Wildman–Crippen LogP) is 0.654. The molecule has 0 aliphatic heterocycles. The Kier molecular flexibility index (Phi) is 4.58. The van der Waals surface area contributed by atoms with Crippen LogP contribution in [0, 0.1) is 0 Å². The third kappa shape index (κ3) is 2.73. The second-order valence-electron chi connectivity index (χ2n) is 3.40. The average Bonchev–Trinajstić information content (AvgIpc) is 2.56. The molecule has 0 aromatic heterocycles. The highest BCUT2D eigenvalue weighted by Gasteiger charge is 2.21. The van der Waals surface area contributed by atoms with Gasteiger partial charge in [-0.05, 0) is 12.8 Å². The summed E-state index contributed by atoms with van der Waals surface area (Å²) in [5, 5.41) is 19.2. The SMILES string of the molecule is [O]CCN(CCO)C1CCCC1. The van der Waals surface area contributed by atoms with Crippen LogP contribution in [-0.4, -0.2) is 42.4 Å². The van der Waals surface area contributed by atoms with Crippen LogP contribution in [0.15, 0.2) is 0 Å². The van der Waals surface area contributed by atoms with E-state index in [1.807, 2.05) is 0 Å². The molecule has 1 N–H and O–H groups in total. The summed E-state index contributed by atoms with van der Waals surface area (Å²) in [5.41, 5.74) is 0. The van der Waals surface area contributed by atoms with Crippen LogP contribution in [0.25, 0.3) is 0 Å². The Hall–Kier alpha value is -0.120. The molecule has 0 atom stereocenters. The second kappa shape index (κ2) is 5.51. The standard InChI is InChI=1S/C9H18NO2/c11-7-5-10(6-8-12)9-3-1-2-4-9/h9,11H,1-8H2. The van der Waals surface area contributed by atoms with Crippen molar-refractivity contribution < 1.29 is 10.2 Å². The number of nitrogens with zero attached hydrogens (tertiary/aromatic N) is 1. The lowest BCUT2D eigenvalue weighted by Crippen LogP contribution is -2.37. The van der Waals surface area contributed by atoms with Gasteiger partial charge in [0, 0.05) is 19.1 Å². The summed E-state index contributed by atoms with van der Waals surface area (Å²) in [4.78, 5) is 2.14. The Morgan fingerprint density at radius 3 is 2.42 bits per heavy atom. The van der Waals surface area contributed by atoms with Gasteiger partial charge in [0.15, 0.2) is 0 Å². The summed E-state index contributed by atoms with van der Waals surface area (Å²) in [6, 6.07) is 0.575. The van der Waals surface area contributed by atoms with Gasteiger partial charge in [-0.1, -0.05) is 12.8 Å². The Morgan fingerprint density at radius 1 is 1.25 bits per heavy atom. The zero-order valence-electron chi connectivity index (χ0n) is 7.54. The molecule has 0 aromatic rings. The van der Waals surface area contributed by atoms with Gasteiger partial charge in [0.25, 0.3) is 0 Å². The maximum absolute atomic E-state index is 10.4. The number of aliphatic hydroxyl groups excluding tert-OH is 1. The molecule has 0 unspecified atom stereocenters. The van der Waals surface area contributed by atoms with Crippen LogP contribution < -0.4 is 0 Å². The van der Waals surface area contributed by atoms with Crippen molar-refractivity contribution in [2.24, 2.45) is 0 Å². The van der Waals surface area contributed by atoms with Crippen molar-refractivity contribution in [2.45, 2.75) is 31.7 Å². The first-order valence-electron chi connectivity index (χ1n) is 4.81. The fourth-order valence-corrected chi connectivity index (χ4v) is 1.99. The normalized spacial score (nSPS) is 19.2. The maximum atomic E-state index is 10.4. The topological polar surface area (TPSA) is 43.4 Å². The maximum Gasteiger partial charge on any atom is 0.0949 e. The molecular weight excluding hydrogens is 154 g/mol. The first-order valence-corrected chi connectivity index (χ1v) is 4.81. The van der Waals surface area contributed by atoms with Crippen molar-refractivity contribution >= 4 is 0 Å². The highest BCUT2D eigenvalue weighted by Crippen LogP contribution is 2.22. The summed E-state index contributed by atoms with van der Waals surface area (Å²) < 4.78 is 0. The lowest BCUT2D eigenvalue weighted by atomic mass is 10.2. The fraction of sp³-hybridized carbons (Fsp3) is 1.00. The van der Waals surface area contributed by atoms with Gasteiger partial charge in [-0.25, -0.2) is 5.11 Å². The van der Waals surface area contributed by atoms with Gasteiger partial charge in [-0.15, -0.1) is 0 Å². The third-order valence-electron chi connectivity index (χ3n) is 2.61. The molecule has 0 saturated heterocycles. The van der Waals surface area contributed by atoms with Crippen molar-refractivity contribution in [1.29, 1.82) is 0 Å². The molecule has 0 heterocycles. The molecule has 1 aliphatic rings. The van der Waals surface area contributed by atoms with Gasteiger partial charge < -0.3 is 5.11 Å². The summed E-state index contributed by atoms with van der Waals surface area (Å²) >= 11 is 0. The first-order chi connectivity index (χ1) is 5.88. The van der Waals surface area contributed by atoms with Crippen LogP contribution in [0.3, 0.4) is 0 Å². The number of hydrogen-bond acceptors (Lipinski definition) is 2. The van der Waals surface area contributed by atoms with Gasteiger partial charge in [0.1, 0.15) is 0 Å². The zero-order valence-corrected chi connectivity index (χ0v) is 7.54. The van der Waals surface area contributed by atoms with Gasteiger partial charge in [0.2, 0.25) is 0 Å². The van der Waals surface area contributed by atoms with Crippen LogP contribution >= 0.6 is 0 Å². The van der Waals surface area contributed by atoms with E-state index in [1.165, 1.54) is 25.7 Å². The molecule has 1 aliphatic carbocycles. The minimum atomic E-state index is -0.0451. The van der Waals surface area contributed by atoms with E-state index in [0.717, 1.165) is 0 Å². The van der Waals surface area contributed by atoms with E-state index in [1.54, 1.807) is 0 Å². The molecule has 0 bridgehead atoms. The minimum absolute atomic E-state index is 0.0451. The molecule has 0 aromatic carbocycles. The highest BCUT2D eigenvalue weighted by atomic mass is 16.3. The second-order valence-corrected chi connectivity index (χ2v) is 3.40. The Labute approximate surface area is 74.0 Å². The Morgan fingerprint density at radius 2 is 1.92 bits per heavy atom. The Balaban J connectivity index is 2.29. The first kappa shape index (κ1) is 9.96. The smallest absolute Gasteiger partial charge is 0.0949 e. The van der Waals surface area contributed by atoms with Crippen molar-refractivity contribution in [3.8, 4) is 0 Å². The van der Waals surface area contributed by atoms with E-state index >= 15 is 0 Å². The zero-order chi connectivity index (χ0) is 8.81. The molecular formula is C9H18NO2. The molecule has 12 heavy (non-hydrogen) atoms. The molecule has 1 radical (unpaired) electrons. The molecule has 0 spiro atoms. The van der Waals surface area contributed by atoms with Crippen LogP contribution in [-0.2, 0) is 5.11 Å². The minimum Gasteiger partial charge on any atom is -0.395 e. The van der Waals surface area contributed by atoms with Gasteiger partial charge >= 0.3 is 0 Å². The summed E-state index contributed by atoms with van der Waals surface area (Å²) in [5.74, 6) is 0. The van der Waals surface area contributed by atoms with E-state index in [2.05, 4.69) is 4.90 Å². The largest absolute Gasteiger partial charge is 0.395 e. The lowest BCUT2D eigenvalue weighted by Gasteiger charge is -2.26. The summed E-state index contributed by atoms with van der Waals surface area (Å²) in [7, 11) is 0. The number of hydrogen-bond donors (Lipinski definition) is 1. The van der Waals surface area contributed by atoms with E-state index in [-0.39, 0.29) is 13.2 Å². The van der Waals surface area contributed by atoms with E-state index in [9.17, 15) is 5.11 Å². The number of aliphatic hydroxyl groups is 1. The Bertz CT molecular complexity index is 107. The fourth-order valence-electron chi connectivity index (χ4n) is 1.99. The van der Waals surface area contributed by atoms with Crippen molar-refractivity contribution in [1.82, 2.24) is 4.90 Å². The monoisotopic (exact) mass is 172 g/mol. The highest BCUT2D eigenvalue weighted by molar-refractivity contribution is 4.76. The predicted molar refractivity (Wildman–Crippen MR) is 46.5 cm³/mol. The molecule has 3 heteroatoms. The molecule has 0 amide bonds. The van der Waals surface area contributed by atoms with Gasteiger partial charge in [-0.3, -0.25) is 4.90 Å². The van der Waals surface area contributed by atoms with E-state index < -0.39 is 0 Å². The summed E-state index contributed by atoms with van der Waals surface area (Å²) in [6.07, 6.45) is 4.98. The molecule has 1 saturated carbocycles. The van der Waals surface area contributed by atoms with Crippen molar-refractivity contribution in [3.05, 3.63) is 0 Å². The van der Waals surface area contributed by atoms with Crippen molar-refractivity contribution in [2.75, 3.05) is 26.3 Å². The molecule has 1 rings (SSSR count). The van der Waals surface area contributed by atoms with Crippen LogP contribution in [0.4, 0.5) is 0 Å². The van der Waals surface area contributed by atoms with Crippen LogP contribution in [0.1, 0.15) is 25.7 Å². The van der Waals surface area contributed by atoms with E-state index in [0.29, 0.717) is 19.1 Å². The lowest BCUT2D eigenvalue weighted by molar-refractivity contribution is 0.0971. The average molecular weight is 172 g/mol. The third-order valence-corrected chi connectivity index (χ3v) is 2.61. The molecule has 3 nitrogen and oxygen atoms in total. The number of rotatable bonds is 5. The van der Waals surface area contributed by atoms with Crippen LogP contribution in [0.2, 0.25) is 0 Å². The van der Waals surface area contributed by atoms with Gasteiger partial charge in [0.05, 0.1) is 13.2 Å². The van der Waals surface area contributed by atoms with Crippen molar-refractivity contribution in [3.63, 3.8) is 0 Å².